The Labute approximate surface area is 140 Å². The summed E-state index contributed by atoms with van der Waals surface area (Å²) in [5.74, 6) is 1.21. The number of thiazole rings is 1. The Hall–Kier alpha value is -2.08. The number of nitrogens with one attached hydrogen (secondary N) is 1. The van der Waals surface area contributed by atoms with Crippen molar-refractivity contribution in [2.75, 3.05) is 20.8 Å². The van der Waals surface area contributed by atoms with Gasteiger partial charge >= 0.3 is 0 Å². The first-order valence-corrected chi connectivity index (χ1v) is 8.38. The van der Waals surface area contributed by atoms with Crippen LogP contribution in [-0.4, -0.2) is 31.7 Å². The minimum Gasteiger partial charge on any atom is -0.496 e. The SMILES string of the molecule is COc1cccc(OC)c1C(=O)NCCc1nc(C(C)C)cs1. The molecule has 5 nitrogen and oxygen atoms in total. The van der Waals surface area contributed by atoms with Gasteiger partial charge in [-0.05, 0) is 18.1 Å². The summed E-state index contributed by atoms with van der Waals surface area (Å²) in [7, 11) is 3.07. The third kappa shape index (κ3) is 4.22. The van der Waals surface area contributed by atoms with Gasteiger partial charge in [-0.15, -0.1) is 11.3 Å². The van der Waals surface area contributed by atoms with E-state index in [-0.39, 0.29) is 5.91 Å². The van der Waals surface area contributed by atoms with Crippen LogP contribution in [0.15, 0.2) is 23.6 Å². The largest absolute Gasteiger partial charge is 0.496 e. The van der Waals surface area contributed by atoms with Gasteiger partial charge in [-0.3, -0.25) is 4.79 Å². The average molecular weight is 334 g/mol. The molecule has 1 heterocycles. The zero-order valence-electron chi connectivity index (χ0n) is 13.9. The van der Waals surface area contributed by atoms with Crippen LogP contribution in [0, 0.1) is 0 Å². The molecule has 1 aromatic heterocycles. The molecule has 1 amide bonds. The van der Waals surface area contributed by atoms with Crippen molar-refractivity contribution in [3.63, 3.8) is 0 Å². The van der Waals surface area contributed by atoms with Gasteiger partial charge in [-0.25, -0.2) is 4.98 Å². The number of amides is 1. The summed E-state index contributed by atoms with van der Waals surface area (Å²) >= 11 is 1.63. The molecule has 0 atom stereocenters. The second kappa shape index (κ2) is 7.97. The normalized spacial score (nSPS) is 10.7. The van der Waals surface area contributed by atoms with Gasteiger partial charge in [0.05, 0.1) is 24.9 Å². The predicted molar refractivity (Wildman–Crippen MR) is 91.8 cm³/mol. The average Bonchev–Trinajstić information content (AvgIpc) is 3.03. The second-order valence-corrected chi connectivity index (χ2v) is 6.31. The Morgan fingerprint density at radius 3 is 2.43 bits per heavy atom. The third-order valence-corrected chi connectivity index (χ3v) is 4.37. The van der Waals surface area contributed by atoms with Gasteiger partial charge in [0.15, 0.2) is 0 Å². The Morgan fingerprint density at radius 1 is 1.26 bits per heavy atom. The molecule has 6 heteroatoms. The van der Waals surface area contributed by atoms with E-state index in [2.05, 4.69) is 29.5 Å². The van der Waals surface area contributed by atoms with Crippen LogP contribution < -0.4 is 14.8 Å². The van der Waals surface area contributed by atoms with E-state index in [1.807, 2.05) is 0 Å². The molecule has 2 rings (SSSR count). The van der Waals surface area contributed by atoms with Crippen molar-refractivity contribution >= 4 is 17.2 Å². The highest BCUT2D eigenvalue weighted by Crippen LogP contribution is 2.28. The number of aromatic nitrogens is 1. The van der Waals surface area contributed by atoms with Crippen molar-refractivity contribution in [2.24, 2.45) is 0 Å². The first-order chi connectivity index (χ1) is 11.1. The molecule has 0 aliphatic carbocycles. The fraction of sp³-hybridized carbons (Fsp3) is 0.412. The summed E-state index contributed by atoms with van der Waals surface area (Å²) in [4.78, 5) is 17.0. The van der Waals surface area contributed by atoms with Gasteiger partial charge in [0, 0.05) is 18.3 Å². The van der Waals surface area contributed by atoms with Crippen LogP contribution >= 0.6 is 11.3 Å². The first kappa shape index (κ1) is 17.3. The number of hydrogen-bond donors (Lipinski definition) is 1. The smallest absolute Gasteiger partial charge is 0.258 e. The van der Waals surface area contributed by atoms with Gasteiger partial charge in [0.1, 0.15) is 17.1 Å². The predicted octanol–water partition coefficient (Wildman–Crippen LogP) is 3.26. The summed E-state index contributed by atoms with van der Waals surface area (Å²) < 4.78 is 10.5. The minimum atomic E-state index is -0.208. The molecular weight excluding hydrogens is 312 g/mol. The number of carbonyl (C=O) groups excluding carboxylic acids is 1. The van der Waals surface area contributed by atoms with Crippen LogP contribution in [0.5, 0.6) is 11.5 Å². The molecule has 1 aromatic carbocycles. The molecule has 0 saturated carbocycles. The van der Waals surface area contributed by atoms with Crippen molar-refractivity contribution in [3.8, 4) is 11.5 Å². The highest BCUT2D eigenvalue weighted by atomic mass is 32.1. The van der Waals surface area contributed by atoms with E-state index in [1.54, 1.807) is 29.5 Å². The number of carbonyl (C=O) groups is 1. The number of methoxy groups -OCH3 is 2. The Morgan fingerprint density at radius 2 is 1.91 bits per heavy atom. The van der Waals surface area contributed by atoms with Crippen molar-refractivity contribution in [2.45, 2.75) is 26.2 Å². The van der Waals surface area contributed by atoms with Crippen LogP contribution in [0.4, 0.5) is 0 Å². The molecule has 0 unspecified atom stereocenters. The number of ether oxygens (including phenoxy) is 2. The summed E-state index contributed by atoms with van der Waals surface area (Å²) in [5.41, 5.74) is 1.52. The molecule has 0 saturated heterocycles. The summed E-state index contributed by atoms with van der Waals surface area (Å²) in [6.07, 6.45) is 0.709. The molecule has 0 aliphatic heterocycles. The monoisotopic (exact) mass is 334 g/mol. The van der Waals surface area contributed by atoms with E-state index in [9.17, 15) is 4.79 Å². The molecule has 0 bridgehead atoms. The van der Waals surface area contributed by atoms with Crippen LogP contribution in [0.3, 0.4) is 0 Å². The zero-order chi connectivity index (χ0) is 16.8. The van der Waals surface area contributed by atoms with E-state index < -0.39 is 0 Å². The van der Waals surface area contributed by atoms with Crippen molar-refractivity contribution in [3.05, 3.63) is 39.8 Å². The lowest BCUT2D eigenvalue weighted by Crippen LogP contribution is -2.26. The Kier molecular flexibility index (Phi) is 5.98. The highest BCUT2D eigenvalue weighted by Gasteiger charge is 2.17. The number of rotatable bonds is 7. The Balaban J connectivity index is 1.99. The minimum absolute atomic E-state index is 0.208. The molecule has 0 fully saturated rings. The van der Waals surface area contributed by atoms with Crippen molar-refractivity contribution < 1.29 is 14.3 Å². The molecule has 0 aliphatic rings. The van der Waals surface area contributed by atoms with Crippen molar-refractivity contribution in [1.82, 2.24) is 10.3 Å². The lowest BCUT2D eigenvalue weighted by molar-refractivity contribution is 0.0948. The molecular formula is C17H22N2O3S. The van der Waals surface area contributed by atoms with Gasteiger partial charge in [0.25, 0.3) is 5.91 Å². The molecule has 0 radical (unpaired) electrons. The fourth-order valence-electron chi connectivity index (χ4n) is 2.15. The third-order valence-electron chi connectivity index (χ3n) is 3.44. The van der Waals surface area contributed by atoms with E-state index in [4.69, 9.17) is 9.47 Å². The summed E-state index contributed by atoms with van der Waals surface area (Å²) in [6.45, 7) is 4.76. The number of nitrogens with zero attached hydrogens (tertiary/aromatic N) is 1. The van der Waals surface area contributed by atoms with E-state index in [0.717, 1.165) is 10.7 Å². The maximum atomic E-state index is 12.4. The lowest BCUT2D eigenvalue weighted by atomic mass is 10.1. The van der Waals surface area contributed by atoms with Crippen molar-refractivity contribution in [1.29, 1.82) is 0 Å². The van der Waals surface area contributed by atoms with Crippen LogP contribution in [0.25, 0.3) is 0 Å². The van der Waals surface area contributed by atoms with Gasteiger partial charge in [-0.1, -0.05) is 19.9 Å². The number of benzene rings is 1. The van der Waals surface area contributed by atoms with Crippen LogP contribution in [-0.2, 0) is 6.42 Å². The maximum absolute atomic E-state index is 12.4. The quantitative estimate of drug-likeness (QED) is 0.844. The van der Waals surface area contributed by atoms with Gasteiger partial charge in [-0.2, -0.15) is 0 Å². The van der Waals surface area contributed by atoms with Crippen LogP contribution in [0.1, 0.15) is 40.8 Å². The van der Waals surface area contributed by atoms with Gasteiger partial charge < -0.3 is 14.8 Å². The van der Waals surface area contributed by atoms with E-state index in [1.165, 1.54) is 14.2 Å². The molecule has 23 heavy (non-hydrogen) atoms. The molecule has 0 spiro atoms. The topological polar surface area (TPSA) is 60.5 Å². The lowest BCUT2D eigenvalue weighted by Gasteiger charge is -2.12. The second-order valence-electron chi connectivity index (χ2n) is 5.36. The zero-order valence-corrected chi connectivity index (χ0v) is 14.7. The molecule has 2 aromatic rings. The number of hydrogen-bond acceptors (Lipinski definition) is 5. The first-order valence-electron chi connectivity index (χ1n) is 7.50. The van der Waals surface area contributed by atoms with Crippen LogP contribution in [0.2, 0.25) is 0 Å². The summed E-state index contributed by atoms with van der Waals surface area (Å²) in [6, 6.07) is 5.28. The standard InChI is InChI=1S/C17H22N2O3S/c1-11(2)12-10-23-15(19-12)8-9-18-17(20)16-13(21-3)6-5-7-14(16)22-4/h5-7,10-11H,8-9H2,1-4H3,(H,18,20). The maximum Gasteiger partial charge on any atom is 0.258 e. The van der Waals surface area contributed by atoms with E-state index in [0.29, 0.717) is 35.9 Å². The summed E-state index contributed by atoms with van der Waals surface area (Å²) in [5, 5.41) is 6.01. The molecule has 124 valence electrons. The Bertz CT molecular complexity index is 645. The van der Waals surface area contributed by atoms with E-state index >= 15 is 0 Å². The highest BCUT2D eigenvalue weighted by molar-refractivity contribution is 7.09. The fourth-order valence-corrected chi connectivity index (χ4v) is 3.11. The molecule has 1 N–H and O–H groups in total. The van der Waals surface area contributed by atoms with Gasteiger partial charge in [0.2, 0.25) is 0 Å².